The molecule has 11 nitrogen and oxygen atoms in total. The number of non-ortho nitro benzene ring substituents is 1. The number of nitro groups is 1. The number of hydrogen-bond donors (Lipinski definition) is 1. The number of benzene rings is 1. The van der Waals surface area contributed by atoms with Gasteiger partial charge in [-0.25, -0.2) is 9.67 Å². The van der Waals surface area contributed by atoms with Crippen LogP contribution in [0.1, 0.15) is 16.1 Å². The average Bonchev–Trinajstić information content (AvgIpc) is 3.16. The molecule has 0 bridgehead atoms. The van der Waals surface area contributed by atoms with Gasteiger partial charge in [0.25, 0.3) is 11.6 Å². The average molecular weight is 336 g/mol. The number of nitro benzene ring substituents is 1. The minimum atomic E-state index is -0.624. The van der Waals surface area contributed by atoms with Crippen molar-refractivity contribution in [2.24, 2.45) is 0 Å². The SMILES string of the molecule is N#Cc1cc([N+](=O)[O-])ccc1NC(=O)c1ccc(-n2cncn2)nn1. The molecule has 25 heavy (non-hydrogen) atoms. The Kier molecular flexibility index (Phi) is 4.08. The monoisotopic (exact) mass is 336 g/mol. The van der Waals surface area contributed by atoms with Crippen molar-refractivity contribution in [3.05, 3.63) is 64.4 Å². The van der Waals surface area contributed by atoms with Crippen LogP contribution in [-0.2, 0) is 0 Å². The molecule has 1 N–H and O–H groups in total. The van der Waals surface area contributed by atoms with E-state index < -0.39 is 10.8 Å². The summed E-state index contributed by atoms with van der Waals surface area (Å²) in [6.45, 7) is 0. The first-order valence-electron chi connectivity index (χ1n) is 6.77. The molecule has 122 valence electrons. The zero-order chi connectivity index (χ0) is 17.8. The summed E-state index contributed by atoms with van der Waals surface area (Å²) in [7, 11) is 0. The molecule has 0 saturated heterocycles. The van der Waals surface area contributed by atoms with E-state index in [-0.39, 0.29) is 22.6 Å². The summed E-state index contributed by atoms with van der Waals surface area (Å²) in [6, 6.07) is 8.31. The lowest BCUT2D eigenvalue weighted by molar-refractivity contribution is -0.384. The summed E-state index contributed by atoms with van der Waals surface area (Å²) >= 11 is 0. The second kappa shape index (κ2) is 6.50. The Morgan fingerprint density at radius 1 is 1.28 bits per heavy atom. The van der Waals surface area contributed by atoms with Gasteiger partial charge in [0.1, 0.15) is 18.7 Å². The molecule has 0 saturated carbocycles. The maximum Gasteiger partial charge on any atom is 0.276 e. The van der Waals surface area contributed by atoms with E-state index in [1.165, 1.54) is 41.6 Å². The number of nitriles is 1. The van der Waals surface area contributed by atoms with E-state index in [0.29, 0.717) is 5.82 Å². The number of nitrogens with one attached hydrogen (secondary N) is 1. The third-order valence-electron chi connectivity index (χ3n) is 3.12. The van der Waals surface area contributed by atoms with Crippen LogP contribution in [0.3, 0.4) is 0 Å². The number of rotatable bonds is 4. The van der Waals surface area contributed by atoms with E-state index in [1.807, 2.05) is 0 Å². The minimum absolute atomic E-state index is 0.00566. The van der Waals surface area contributed by atoms with E-state index in [4.69, 9.17) is 5.26 Å². The lowest BCUT2D eigenvalue weighted by atomic mass is 10.1. The molecule has 2 aromatic heterocycles. The quantitative estimate of drug-likeness (QED) is 0.548. The largest absolute Gasteiger partial charge is 0.319 e. The Morgan fingerprint density at radius 2 is 2.12 bits per heavy atom. The molecule has 0 aliphatic heterocycles. The number of anilines is 1. The second-order valence-electron chi connectivity index (χ2n) is 4.67. The van der Waals surface area contributed by atoms with Crippen molar-refractivity contribution in [1.29, 1.82) is 5.26 Å². The maximum absolute atomic E-state index is 12.2. The molecule has 1 aromatic carbocycles. The topological polar surface area (TPSA) is 153 Å². The fourth-order valence-electron chi connectivity index (χ4n) is 1.93. The summed E-state index contributed by atoms with van der Waals surface area (Å²) in [5.41, 5.74) is -0.132. The van der Waals surface area contributed by atoms with E-state index >= 15 is 0 Å². The fraction of sp³-hybridized carbons (Fsp3) is 0. The van der Waals surface area contributed by atoms with Gasteiger partial charge in [0.2, 0.25) is 0 Å². The first-order valence-corrected chi connectivity index (χ1v) is 6.77. The van der Waals surface area contributed by atoms with Gasteiger partial charge in [-0.1, -0.05) is 0 Å². The van der Waals surface area contributed by atoms with Crippen molar-refractivity contribution in [2.75, 3.05) is 5.32 Å². The van der Waals surface area contributed by atoms with Crippen LogP contribution in [0.25, 0.3) is 5.82 Å². The molecule has 3 rings (SSSR count). The van der Waals surface area contributed by atoms with Crippen molar-refractivity contribution in [3.63, 3.8) is 0 Å². The van der Waals surface area contributed by atoms with Gasteiger partial charge in [0.05, 0.1) is 16.2 Å². The van der Waals surface area contributed by atoms with Crippen molar-refractivity contribution in [2.45, 2.75) is 0 Å². The molecule has 0 unspecified atom stereocenters. The molecule has 0 atom stereocenters. The van der Waals surface area contributed by atoms with Crippen LogP contribution in [0.4, 0.5) is 11.4 Å². The van der Waals surface area contributed by atoms with Gasteiger partial charge >= 0.3 is 0 Å². The molecule has 0 aliphatic carbocycles. The van der Waals surface area contributed by atoms with E-state index in [1.54, 1.807) is 6.07 Å². The molecule has 1 amide bonds. The number of nitrogens with zero attached hydrogens (tertiary/aromatic N) is 7. The van der Waals surface area contributed by atoms with E-state index in [2.05, 4.69) is 25.6 Å². The summed E-state index contributed by atoms with van der Waals surface area (Å²) in [5.74, 6) is -0.231. The zero-order valence-electron chi connectivity index (χ0n) is 12.4. The van der Waals surface area contributed by atoms with Crippen LogP contribution in [-0.4, -0.2) is 35.8 Å². The molecule has 11 heteroatoms. The molecule has 2 heterocycles. The standard InChI is InChI=1S/C14H8N8O3/c15-6-9-5-10(22(24)25)1-2-11(9)18-14(23)12-3-4-13(20-19-12)21-8-16-7-17-21/h1-5,7-8H,(H,18,23). The summed E-state index contributed by atoms with van der Waals surface area (Å²) in [5, 5.41) is 33.8. The van der Waals surface area contributed by atoms with Gasteiger partial charge in [0.15, 0.2) is 11.5 Å². The van der Waals surface area contributed by atoms with Crippen LogP contribution in [0.15, 0.2) is 43.0 Å². The lowest BCUT2D eigenvalue weighted by Crippen LogP contribution is -2.16. The maximum atomic E-state index is 12.2. The van der Waals surface area contributed by atoms with Crippen LogP contribution < -0.4 is 5.32 Å². The van der Waals surface area contributed by atoms with Crippen molar-refractivity contribution >= 4 is 17.3 Å². The van der Waals surface area contributed by atoms with Gasteiger partial charge in [-0.15, -0.1) is 10.2 Å². The lowest BCUT2D eigenvalue weighted by Gasteiger charge is -2.06. The highest BCUT2D eigenvalue weighted by Crippen LogP contribution is 2.21. The van der Waals surface area contributed by atoms with Crippen LogP contribution >= 0.6 is 0 Å². The highest BCUT2D eigenvalue weighted by Gasteiger charge is 2.15. The van der Waals surface area contributed by atoms with Gasteiger partial charge in [-0.3, -0.25) is 14.9 Å². The van der Waals surface area contributed by atoms with E-state index in [9.17, 15) is 14.9 Å². The third-order valence-corrected chi connectivity index (χ3v) is 3.12. The number of carbonyl (C=O) groups excluding carboxylic acids is 1. The highest BCUT2D eigenvalue weighted by atomic mass is 16.6. The molecular weight excluding hydrogens is 328 g/mol. The minimum Gasteiger partial charge on any atom is -0.319 e. The van der Waals surface area contributed by atoms with E-state index in [0.717, 1.165) is 6.07 Å². The smallest absolute Gasteiger partial charge is 0.276 e. The van der Waals surface area contributed by atoms with Gasteiger partial charge in [-0.05, 0) is 18.2 Å². The van der Waals surface area contributed by atoms with Crippen LogP contribution in [0, 0.1) is 21.4 Å². The number of carbonyl (C=O) groups is 1. The van der Waals surface area contributed by atoms with Gasteiger partial charge in [-0.2, -0.15) is 10.4 Å². The Balaban J connectivity index is 1.80. The predicted octanol–water partition coefficient (Wildman–Crippen LogP) is 1.09. The van der Waals surface area contributed by atoms with Gasteiger partial charge < -0.3 is 5.32 Å². The Hall–Kier alpha value is -4.20. The molecule has 0 aliphatic rings. The Labute approximate surface area is 139 Å². The number of hydrogen-bond acceptors (Lipinski definition) is 8. The zero-order valence-corrected chi connectivity index (χ0v) is 12.4. The van der Waals surface area contributed by atoms with Crippen molar-refractivity contribution in [1.82, 2.24) is 25.0 Å². The molecule has 3 aromatic rings. The Bertz CT molecular complexity index is 976. The summed E-state index contributed by atoms with van der Waals surface area (Å²) in [6.07, 6.45) is 2.76. The predicted molar refractivity (Wildman–Crippen MR) is 82.7 cm³/mol. The van der Waals surface area contributed by atoms with Crippen molar-refractivity contribution in [3.8, 4) is 11.9 Å². The second-order valence-corrected chi connectivity index (χ2v) is 4.67. The first kappa shape index (κ1) is 15.7. The van der Waals surface area contributed by atoms with Gasteiger partial charge in [0, 0.05) is 12.1 Å². The molecule has 0 spiro atoms. The van der Waals surface area contributed by atoms with Crippen LogP contribution in [0.5, 0.6) is 0 Å². The Morgan fingerprint density at radius 3 is 2.72 bits per heavy atom. The first-order chi connectivity index (χ1) is 12.1. The van der Waals surface area contributed by atoms with Crippen LogP contribution in [0.2, 0.25) is 0 Å². The summed E-state index contributed by atoms with van der Waals surface area (Å²) in [4.78, 5) is 26.1. The number of aromatic nitrogens is 5. The summed E-state index contributed by atoms with van der Waals surface area (Å²) < 4.78 is 1.37. The molecule has 0 radical (unpaired) electrons. The molecule has 0 fully saturated rings. The normalized spacial score (nSPS) is 10.0. The highest BCUT2D eigenvalue weighted by molar-refractivity contribution is 6.03. The number of amides is 1. The fourth-order valence-corrected chi connectivity index (χ4v) is 1.93. The molecular formula is C14H8N8O3. The van der Waals surface area contributed by atoms with Crippen molar-refractivity contribution < 1.29 is 9.72 Å². The third kappa shape index (κ3) is 3.27.